The Balaban J connectivity index is 2.47. The number of alkyl halides is 3. The molecule has 1 aliphatic heterocycles. The summed E-state index contributed by atoms with van der Waals surface area (Å²) in [5.74, 6) is 0. The van der Waals surface area contributed by atoms with E-state index in [1.54, 1.807) is 0 Å². The fourth-order valence-corrected chi connectivity index (χ4v) is 2.14. The second-order valence-electron chi connectivity index (χ2n) is 4.43. The molecule has 1 aromatic carbocycles. The normalized spacial score (nSPS) is 20.9. The van der Waals surface area contributed by atoms with Gasteiger partial charge in [-0.05, 0) is 24.6 Å². The first-order valence-electron chi connectivity index (χ1n) is 6.04. The summed E-state index contributed by atoms with van der Waals surface area (Å²) in [5.41, 5.74) is 1.00. The molecule has 0 unspecified atom stereocenters. The van der Waals surface area contributed by atoms with Gasteiger partial charge in [-0.15, -0.1) is 0 Å². The van der Waals surface area contributed by atoms with E-state index < -0.39 is 11.7 Å². The fraction of sp³-hybridized carbons (Fsp3) is 0.462. The van der Waals surface area contributed by atoms with Crippen LogP contribution in [0.25, 0.3) is 0 Å². The van der Waals surface area contributed by atoms with E-state index in [-0.39, 0.29) is 6.04 Å². The number of benzene rings is 1. The second kappa shape index (κ2) is 5.11. The summed E-state index contributed by atoms with van der Waals surface area (Å²) in [6, 6.07) is 3.81. The summed E-state index contributed by atoms with van der Waals surface area (Å²) in [5, 5.41) is 7.07. The van der Waals surface area contributed by atoms with Gasteiger partial charge in [-0.2, -0.15) is 13.2 Å². The third-order valence-electron chi connectivity index (χ3n) is 3.15. The van der Waals surface area contributed by atoms with E-state index in [9.17, 15) is 13.2 Å². The number of rotatable bonds is 2. The number of halogens is 3. The molecule has 19 heavy (non-hydrogen) atoms. The highest BCUT2D eigenvalue weighted by atomic mass is 19.4. The first-order valence-corrected chi connectivity index (χ1v) is 6.04. The van der Waals surface area contributed by atoms with E-state index >= 15 is 0 Å². The highest BCUT2D eigenvalue weighted by Crippen LogP contribution is 2.34. The Hall–Kier alpha value is -1.72. The van der Waals surface area contributed by atoms with Crippen LogP contribution in [0.4, 0.5) is 18.9 Å². The maximum absolute atomic E-state index is 12.7. The molecule has 0 amide bonds. The van der Waals surface area contributed by atoms with Crippen molar-refractivity contribution in [3.05, 3.63) is 29.3 Å². The number of hydrogen-bond acceptors (Lipinski definition) is 3. The van der Waals surface area contributed by atoms with Crippen LogP contribution < -0.4 is 5.32 Å². The molecular formula is C13H15F3N2O. The average Bonchev–Trinajstić information content (AvgIpc) is 2.37. The smallest absolute Gasteiger partial charge is 0.399 e. The van der Waals surface area contributed by atoms with Crippen LogP contribution >= 0.6 is 0 Å². The van der Waals surface area contributed by atoms with Crippen molar-refractivity contribution in [1.82, 2.24) is 0 Å². The zero-order valence-corrected chi connectivity index (χ0v) is 10.7. The minimum absolute atomic E-state index is 0.165. The lowest BCUT2D eigenvalue weighted by atomic mass is 9.93. The zero-order valence-electron chi connectivity index (χ0n) is 10.7. The predicted molar refractivity (Wildman–Crippen MR) is 67.3 cm³/mol. The molecule has 0 saturated heterocycles. The van der Waals surface area contributed by atoms with Crippen LogP contribution in [0.3, 0.4) is 0 Å². The molecule has 0 spiro atoms. The van der Waals surface area contributed by atoms with Gasteiger partial charge in [0.05, 0.1) is 11.3 Å². The predicted octanol–water partition coefficient (Wildman–Crippen LogP) is 3.65. The van der Waals surface area contributed by atoms with Crippen LogP contribution in [0.5, 0.6) is 0 Å². The Morgan fingerprint density at radius 3 is 2.74 bits per heavy atom. The van der Waals surface area contributed by atoms with E-state index in [1.165, 1.54) is 13.2 Å². The van der Waals surface area contributed by atoms with E-state index in [4.69, 9.17) is 4.84 Å². The zero-order chi connectivity index (χ0) is 14.0. The van der Waals surface area contributed by atoms with Gasteiger partial charge in [-0.3, -0.25) is 0 Å². The van der Waals surface area contributed by atoms with Gasteiger partial charge in [-0.25, -0.2) is 0 Å². The summed E-state index contributed by atoms with van der Waals surface area (Å²) >= 11 is 0. The Morgan fingerprint density at radius 2 is 2.16 bits per heavy atom. The molecule has 2 rings (SSSR count). The van der Waals surface area contributed by atoms with Crippen LogP contribution in [0.1, 0.15) is 30.9 Å². The van der Waals surface area contributed by atoms with Crippen molar-refractivity contribution < 1.29 is 18.0 Å². The van der Waals surface area contributed by atoms with Gasteiger partial charge in [0.1, 0.15) is 7.11 Å². The van der Waals surface area contributed by atoms with E-state index in [2.05, 4.69) is 10.5 Å². The minimum atomic E-state index is -4.35. The number of anilines is 1. The Morgan fingerprint density at radius 1 is 1.42 bits per heavy atom. The quantitative estimate of drug-likeness (QED) is 0.834. The van der Waals surface area contributed by atoms with Gasteiger partial charge in [0.25, 0.3) is 0 Å². The van der Waals surface area contributed by atoms with Crippen molar-refractivity contribution in [2.75, 3.05) is 12.4 Å². The van der Waals surface area contributed by atoms with Crippen LogP contribution in [-0.4, -0.2) is 18.9 Å². The standard InChI is InChI=1S/C13H15F3N2O/c1-3-9-7-12(18-19-2)10-6-8(13(14,15)16)4-5-11(10)17-9/h4-6,9,17H,3,7H2,1-2H3/b18-12+/t9-/m1/s1. The highest BCUT2D eigenvalue weighted by molar-refractivity contribution is 6.07. The van der Waals surface area contributed by atoms with E-state index in [0.29, 0.717) is 23.4 Å². The molecular weight excluding hydrogens is 257 g/mol. The summed E-state index contributed by atoms with van der Waals surface area (Å²) in [6.45, 7) is 2.01. The average molecular weight is 272 g/mol. The molecule has 0 aliphatic carbocycles. The SMILES string of the molecule is CC[C@@H]1C/C(=N\OC)c2cc(C(F)(F)F)ccc2N1. The molecule has 1 aromatic rings. The van der Waals surface area contributed by atoms with Gasteiger partial charge in [0.2, 0.25) is 0 Å². The molecule has 1 heterocycles. The molecule has 1 aliphatic rings. The monoisotopic (exact) mass is 272 g/mol. The van der Waals surface area contributed by atoms with Gasteiger partial charge >= 0.3 is 6.18 Å². The van der Waals surface area contributed by atoms with Crippen molar-refractivity contribution in [1.29, 1.82) is 0 Å². The number of oxime groups is 1. The maximum Gasteiger partial charge on any atom is 0.416 e. The number of hydrogen-bond donors (Lipinski definition) is 1. The molecule has 1 N–H and O–H groups in total. The first-order chi connectivity index (χ1) is 8.95. The Bertz CT molecular complexity index is 497. The molecule has 6 heteroatoms. The highest BCUT2D eigenvalue weighted by Gasteiger charge is 2.33. The molecule has 104 valence electrons. The first kappa shape index (κ1) is 13.7. The second-order valence-corrected chi connectivity index (χ2v) is 4.43. The van der Waals surface area contributed by atoms with Gasteiger partial charge in [-0.1, -0.05) is 12.1 Å². The maximum atomic E-state index is 12.7. The van der Waals surface area contributed by atoms with Crippen molar-refractivity contribution >= 4 is 11.4 Å². The lowest BCUT2D eigenvalue weighted by Crippen LogP contribution is -2.29. The van der Waals surface area contributed by atoms with E-state index in [0.717, 1.165) is 18.6 Å². The molecule has 1 atom stereocenters. The molecule has 0 radical (unpaired) electrons. The van der Waals surface area contributed by atoms with Gasteiger partial charge in [0, 0.05) is 23.7 Å². The van der Waals surface area contributed by atoms with Crippen molar-refractivity contribution in [3.63, 3.8) is 0 Å². The number of nitrogens with zero attached hydrogens (tertiary/aromatic N) is 1. The summed E-state index contributed by atoms with van der Waals surface area (Å²) < 4.78 is 38.2. The van der Waals surface area contributed by atoms with Gasteiger partial charge < -0.3 is 10.2 Å². The molecule has 3 nitrogen and oxygen atoms in total. The third kappa shape index (κ3) is 2.83. The van der Waals surface area contributed by atoms with Crippen molar-refractivity contribution in [2.24, 2.45) is 5.16 Å². The molecule has 0 fully saturated rings. The van der Waals surface area contributed by atoms with Crippen LogP contribution in [0, 0.1) is 0 Å². The molecule has 0 aromatic heterocycles. The van der Waals surface area contributed by atoms with Gasteiger partial charge in [0.15, 0.2) is 0 Å². The number of fused-ring (bicyclic) bond motifs is 1. The van der Waals surface area contributed by atoms with Crippen molar-refractivity contribution in [3.8, 4) is 0 Å². The van der Waals surface area contributed by atoms with Crippen LogP contribution in [-0.2, 0) is 11.0 Å². The number of nitrogens with one attached hydrogen (secondary N) is 1. The summed E-state index contributed by atoms with van der Waals surface area (Å²) in [7, 11) is 1.39. The Labute approximate surface area is 109 Å². The molecule has 0 saturated carbocycles. The minimum Gasteiger partial charge on any atom is -0.399 e. The van der Waals surface area contributed by atoms with Crippen molar-refractivity contribution in [2.45, 2.75) is 32.0 Å². The largest absolute Gasteiger partial charge is 0.416 e. The summed E-state index contributed by atoms with van der Waals surface area (Å²) in [6.07, 6.45) is -2.93. The lowest BCUT2D eigenvalue weighted by Gasteiger charge is -2.27. The lowest BCUT2D eigenvalue weighted by molar-refractivity contribution is -0.137. The summed E-state index contributed by atoms with van der Waals surface area (Å²) in [4.78, 5) is 4.74. The fourth-order valence-electron chi connectivity index (χ4n) is 2.14. The van der Waals surface area contributed by atoms with E-state index in [1.807, 2.05) is 6.92 Å². The van der Waals surface area contributed by atoms with Crippen LogP contribution in [0.2, 0.25) is 0 Å². The Kier molecular flexibility index (Phi) is 3.68. The van der Waals surface area contributed by atoms with Crippen LogP contribution in [0.15, 0.2) is 23.4 Å². The third-order valence-corrected chi connectivity index (χ3v) is 3.15. The molecule has 0 bridgehead atoms. The topological polar surface area (TPSA) is 33.6 Å².